The molecule has 0 bridgehead atoms. The van der Waals surface area contributed by atoms with Crippen molar-refractivity contribution in [3.8, 4) is 11.8 Å². The lowest BCUT2D eigenvalue weighted by Crippen LogP contribution is -2.49. The van der Waals surface area contributed by atoms with Gasteiger partial charge in [-0.1, -0.05) is 39.5 Å². The average molecular weight is 278 g/mol. The third kappa shape index (κ3) is 5.75. The molecule has 1 saturated heterocycles. The Bertz CT molecular complexity index is 396. The van der Waals surface area contributed by atoms with Crippen molar-refractivity contribution in [2.24, 2.45) is 11.8 Å². The molecule has 1 heterocycles. The van der Waals surface area contributed by atoms with E-state index in [1.54, 1.807) is 4.90 Å². The molecular weight excluding hydrogens is 252 g/mol. The summed E-state index contributed by atoms with van der Waals surface area (Å²) in [4.78, 5) is 27.6. The van der Waals surface area contributed by atoms with Gasteiger partial charge in [-0.3, -0.25) is 14.5 Å². The van der Waals surface area contributed by atoms with E-state index in [9.17, 15) is 9.59 Å². The molecule has 0 unspecified atom stereocenters. The first-order valence-electron chi connectivity index (χ1n) is 7.41. The van der Waals surface area contributed by atoms with Crippen LogP contribution in [-0.2, 0) is 9.59 Å². The summed E-state index contributed by atoms with van der Waals surface area (Å²) in [5.41, 5.74) is 0. The number of carbonyl (C=O) groups excluding carboxylic acids is 2. The van der Waals surface area contributed by atoms with Crippen LogP contribution < -0.4 is 0 Å². The van der Waals surface area contributed by atoms with Crippen molar-refractivity contribution in [3.63, 3.8) is 0 Å². The van der Waals surface area contributed by atoms with Gasteiger partial charge in [0.2, 0.25) is 5.91 Å². The SMILES string of the molecule is CC(C)C#CCN1CCN(C(=O)CC(=O)C(C)C)CC1. The minimum atomic E-state index is -0.0634. The lowest BCUT2D eigenvalue weighted by molar-refractivity contribution is -0.137. The third-order valence-corrected chi connectivity index (χ3v) is 3.39. The fraction of sp³-hybridized carbons (Fsp3) is 0.750. The Labute approximate surface area is 122 Å². The van der Waals surface area contributed by atoms with Crippen LogP contribution in [0.5, 0.6) is 0 Å². The lowest BCUT2D eigenvalue weighted by Gasteiger charge is -2.33. The summed E-state index contributed by atoms with van der Waals surface area (Å²) in [6, 6.07) is 0. The standard InChI is InChI=1S/C16H26N2O2/c1-13(2)6-5-7-17-8-10-18(11-9-17)16(20)12-15(19)14(3)4/h13-14H,7-12H2,1-4H3. The minimum Gasteiger partial charge on any atom is -0.340 e. The fourth-order valence-corrected chi connectivity index (χ4v) is 1.98. The highest BCUT2D eigenvalue weighted by atomic mass is 16.2. The van der Waals surface area contributed by atoms with Crippen LogP contribution in [0.2, 0.25) is 0 Å². The molecule has 112 valence electrons. The second-order valence-corrected chi connectivity index (χ2v) is 5.93. The molecule has 0 aliphatic carbocycles. The summed E-state index contributed by atoms with van der Waals surface area (Å²) in [7, 11) is 0. The van der Waals surface area contributed by atoms with Crippen LogP contribution in [0, 0.1) is 23.7 Å². The zero-order valence-electron chi connectivity index (χ0n) is 13.1. The lowest BCUT2D eigenvalue weighted by atomic mass is 10.1. The van der Waals surface area contributed by atoms with Crippen LogP contribution in [0.3, 0.4) is 0 Å². The molecule has 4 nitrogen and oxygen atoms in total. The summed E-state index contributed by atoms with van der Waals surface area (Å²) in [5.74, 6) is 6.65. The maximum atomic E-state index is 12.0. The van der Waals surface area contributed by atoms with Gasteiger partial charge in [0.05, 0.1) is 13.0 Å². The number of hydrogen-bond acceptors (Lipinski definition) is 3. The van der Waals surface area contributed by atoms with E-state index in [4.69, 9.17) is 0 Å². The van der Waals surface area contributed by atoms with Gasteiger partial charge in [-0.15, -0.1) is 0 Å². The van der Waals surface area contributed by atoms with E-state index in [-0.39, 0.29) is 24.0 Å². The first-order valence-corrected chi connectivity index (χ1v) is 7.41. The fourth-order valence-electron chi connectivity index (χ4n) is 1.98. The van der Waals surface area contributed by atoms with Crippen molar-refractivity contribution in [1.29, 1.82) is 0 Å². The molecule has 0 radical (unpaired) electrons. The number of rotatable bonds is 4. The van der Waals surface area contributed by atoms with E-state index in [0.29, 0.717) is 19.0 Å². The van der Waals surface area contributed by atoms with Gasteiger partial charge in [0, 0.05) is 38.0 Å². The normalized spacial score (nSPS) is 16.2. The molecule has 1 fully saturated rings. The van der Waals surface area contributed by atoms with Crippen LogP contribution in [0.4, 0.5) is 0 Å². The Hall–Kier alpha value is -1.34. The number of Topliss-reactive ketones (excluding diaryl/α,β-unsaturated/α-hetero) is 1. The summed E-state index contributed by atoms with van der Waals surface area (Å²) in [5, 5.41) is 0. The molecule has 4 heteroatoms. The molecular formula is C16H26N2O2. The van der Waals surface area contributed by atoms with Crippen LogP contribution in [0.1, 0.15) is 34.1 Å². The second kappa shape index (κ2) is 8.06. The van der Waals surface area contributed by atoms with Gasteiger partial charge in [-0.2, -0.15) is 0 Å². The Balaban J connectivity index is 2.33. The van der Waals surface area contributed by atoms with Gasteiger partial charge in [0.25, 0.3) is 0 Å². The first kappa shape index (κ1) is 16.7. The number of piperazine rings is 1. The van der Waals surface area contributed by atoms with Gasteiger partial charge < -0.3 is 4.90 Å². The van der Waals surface area contributed by atoms with E-state index < -0.39 is 0 Å². The smallest absolute Gasteiger partial charge is 0.230 e. The topological polar surface area (TPSA) is 40.6 Å². The number of carbonyl (C=O) groups is 2. The summed E-state index contributed by atoms with van der Waals surface area (Å²) in [6.07, 6.45) is 0.0465. The number of amides is 1. The first-order chi connectivity index (χ1) is 9.40. The number of nitrogens with zero attached hydrogens (tertiary/aromatic N) is 2. The highest BCUT2D eigenvalue weighted by Gasteiger charge is 2.23. The van der Waals surface area contributed by atoms with Gasteiger partial charge in [0.1, 0.15) is 5.78 Å². The maximum absolute atomic E-state index is 12.0. The largest absolute Gasteiger partial charge is 0.340 e. The van der Waals surface area contributed by atoms with Crippen molar-refractivity contribution in [2.75, 3.05) is 32.7 Å². The highest BCUT2D eigenvalue weighted by molar-refractivity contribution is 5.98. The Morgan fingerprint density at radius 2 is 1.65 bits per heavy atom. The van der Waals surface area contributed by atoms with Gasteiger partial charge in [-0.25, -0.2) is 0 Å². The van der Waals surface area contributed by atoms with E-state index in [1.807, 2.05) is 13.8 Å². The number of ketones is 1. The quantitative estimate of drug-likeness (QED) is 0.576. The molecule has 20 heavy (non-hydrogen) atoms. The molecule has 1 aliphatic rings. The van der Waals surface area contributed by atoms with Crippen LogP contribution >= 0.6 is 0 Å². The number of hydrogen-bond donors (Lipinski definition) is 0. The molecule has 0 spiro atoms. The predicted octanol–water partition coefficient (Wildman–Crippen LogP) is 1.41. The Morgan fingerprint density at radius 1 is 1.05 bits per heavy atom. The van der Waals surface area contributed by atoms with Gasteiger partial charge in [0.15, 0.2) is 0 Å². The van der Waals surface area contributed by atoms with Gasteiger partial charge in [-0.05, 0) is 0 Å². The van der Waals surface area contributed by atoms with Crippen molar-refractivity contribution < 1.29 is 9.59 Å². The van der Waals surface area contributed by atoms with Crippen LogP contribution in [-0.4, -0.2) is 54.2 Å². The average Bonchev–Trinajstić information content (AvgIpc) is 2.38. The third-order valence-electron chi connectivity index (χ3n) is 3.39. The zero-order valence-corrected chi connectivity index (χ0v) is 13.1. The molecule has 0 aromatic heterocycles. The van der Waals surface area contributed by atoms with E-state index in [0.717, 1.165) is 19.6 Å². The van der Waals surface area contributed by atoms with Crippen molar-refractivity contribution in [1.82, 2.24) is 9.80 Å². The predicted molar refractivity (Wildman–Crippen MR) is 80.1 cm³/mol. The van der Waals surface area contributed by atoms with E-state index in [2.05, 4.69) is 30.6 Å². The Kier molecular flexibility index (Phi) is 6.74. The molecule has 0 N–H and O–H groups in total. The zero-order chi connectivity index (χ0) is 15.1. The molecule has 1 rings (SSSR count). The van der Waals surface area contributed by atoms with Crippen molar-refractivity contribution in [3.05, 3.63) is 0 Å². The summed E-state index contributed by atoms with van der Waals surface area (Å²) < 4.78 is 0. The Morgan fingerprint density at radius 3 is 2.15 bits per heavy atom. The van der Waals surface area contributed by atoms with Crippen LogP contribution in [0.25, 0.3) is 0 Å². The molecule has 0 aromatic carbocycles. The van der Waals surface area contributed by atoms with Crippen LogP contribution in [0.15, 0.2) is 0 Å². The van der Waals surface area contributed by atoms with Crippen molar-refractivity contribution >= 4 is 11.7 Å². The highest BCUT2D eigenvalue weighted by Crippen LogP contribution is 2.06. The molecule has 0 atom stereocenters. The monoisotopic (exact) mass is 278 g/mol. The molecule has 0 saturated carbocycles. The second-order valence-electron chi connectivity index (χ2n) is 5.93. The van der Waals surface area contributed by atoms with Crippen molar-refractivity contribution in [2.45, 2.75) is 34.1 Å². The molecule has 1 amide bonds. The summed E-state index contributed by atoms with van der Waals surface area (Å²) >= 11 is 0. The summed E-state index contributed by atoms with van der Waals surface area (Å²) in [6.45, 7) is 11.7. The maximum Gasteiger partial charge on any atom is 0.230 e. The van der Waals surface area contributed by atoms with E-state index >= 15 is 0 Å². The van der Waals surface area contributed by atoms with E-state index in [1.165, 1.54) is 0 Å². The molecule has 0 aromatic rings. The molecule has 1 aliphatic heterocycles. The minimum absolute atomic E-state index is 0.0280. The van der Waals surface area contributed by atoms with Gasteiger partial charge >= 0.3 is 0 Å².